The van der Waals surface area contributed by atoms with Crippen LogP contribution in [0.25, 0.3) is 0 Å². The highest BCUT2D eigenvalue weighted by Crippen LogP contribution is 2.25. The molecule has 1 aromatic heterocycles. The third-order valence-electron chi connectivity index (χ3n) is 6.23. The molecular weight excluding hydrogens is 392 g/mol. The van der Waals surface area contributed by atoms with Crippen LogP contribution in [0.1, 0.15) is 55.4 Å². The van der Waals surface area contributed by atoms with E-state index >= 15 is 0 Å². The molecule has 29 heavy (non-hydrogen) atoms. The van der Waals surface area contributed by atoms with E-state index in [1.165, 1.54) is 16.6 Å². The number of likely N-dealkylation sites (tertiary alicyclic amines) is 1. The first-order chi connectivity index (χ1) is 13.9. The van der Waals surface area contributed by atoms with Gasteiger partial charge >= 0.3 is 0 Å². The third kappa shape index (κ3) is 4.35. The highest BCUT2D eigenvalue weighted by atomic mass is 32.2. The third-order valence-corrected chi connectivity index (χ3v) is 8.09. The first-order valence-electron chi connectivity index (χ1n) is 10.6. The summed E-state index contributed by atoms with van der Waals surface area (Å²) in [5, 5.41) is 3.04. The molecule has 8 nitrogen and oxygen atoms in total. The number of hydrogen-bond acceptors (Lipinski definition) is 4. The second-order valence-electron chi connectivity index (χ2n) is 8.49. The van der Waals surface area contributed by atoms with E-state index in [4.69, 9.17) is 0 Å². The fourth-order valence-corrected chi connectivity index (χ4v) is 5.78. The average molecular weight is 423 g/mol. The molecule has 0 aromatic carbocycles. The van der Waals surface area contributed by atoms with Gasteiger partial charge in [0.1, 0.15) is 10.6 Å². The number of aromatic nitrogens is 1. The van der Waals surface area contributed by atoms with Gasteiger partial charge in [-0.2, -0.15) is 4.31 Å². The molecule has 0 bridgehead atoms. The van der Waals surface area contributed by atoms with Crippen molar-refractivity contribution in [3.63, 3.8) is 0 Å². The molecule has 2 amide bonds. The molecule has 2 aliphatic heterocycles. The Morgan fingerprint density at radius 3 is 2.28 bits per heavy atom. The minimum atomic E-state index is -3.56. The van der Waals surface area contributed by atoms with E-state index in [0.29, 0.717) is 50.8 Å². The fourth-order valence-electron chi connectivity index (χ4n) is 4.20. The highest BCUT2D eigenvalue weighted by molar-refractivity contribution is 7.89. The number of piperidine rings is 2. The van der Waals surface area contributed by atoms with Crippen molar-refractivity contribution < 1.29 is 18.0 Å². The molecule has 0 spiro atoms. The van der Waals surface area contributed by atoms with Crippen LogP contribution in [0.5, 0.6) is 0 Å². The molecule has 0 unspecified atom stereocenters. The molecule has 9 heteroatoms. The van der Waals surface area contributed by atoms with Gasteiger partial charge in [-0.05, 0) is 44.6 Å². The molecule has 0 radical (unpaired) electrons. The average Bonchev–Trinajstić information content (AvgIpc) is 3.46. The van der Waals surface area contributed by atoms with E-state index in [1.807, 2.05) is 0 Å². The summed E-state index contributed by atoms with van der Waals surface area (Å²) in [6, 6.07) is 1.85. The maximum absolute atomic E-state index is 13.0. The van der Waals surface area contributed by atoms with Crippen molar-refractivity contribution in [1.29, 1.82) is 0 Å². The maximum Gasteiger partial charge on any atom is 0.270 e. The Hall–Kier alpha value is -1.87. The Bertz CT molecular complexity index is 876. The van der Waals surface area contributed by atoms with Crippen molar-refractivity contribution in [1.82, 2.24) is 19.1 Å². The molecule has 0 atom stereocenters. The number of nitrogens with one attached hydrogen (secondary N) is 1. The predicted octanol–water partition coefficient (Wildman–Crippen LogP) is 1.33. The first kappa shape index (κ1) is 20.4. The summed E-state index contributed by atoms with van der Waals surface area (Å²) in [5.74, 6) is -0.106. The van der Waals surface area contributed by atoms with Crippen LogP contribution >= 0.6 is 0 Å². The van der Waals surface area contributed by atoms with Gasteiger partial charge in [0.05, 0.1) is 0 Å². The van der Waals surface area contributed by atoms with E-state index in [-0.39, 0.29) is 22.6 Å². The lowest BCUT2D eigenvalue weighted by molar-refractivity contribution is -0.126. The molecule has 3 fully saturated rings. The Morgan fingerprint density at radius 2 is 1.66 bits per heavy atom. The van der Waals surface area contributed by atoms with Crippen molar-refractivity contribution in [2.75, 3.05) is 26.2 Å². The maximum atomic E-state index is 13.0. The van der Waals surface area contributed by atoms with Crippen LogP contribution in [0.3, 0.4) is 0 Å². The van der Waals surface area contributed by atoms with Crippen molar-refractivity contribution >= 4 is 21.8 Å². The SMILES string of the molecule is Cn1cc(S(=O)(=O)N2CCCCC2)cc1C(=O)N1CCC(C(=O)NC2CC2)CC1. The molecule has 2 saturated heterocycles. The van der Waals surface area contributed by atoms with Gasteiger partial charge in [-0.3, -0.25) is 9.59 Å². The van der Waals surface area contributed by atoms with Crippen molar-refractivity contribution in [3.05, 3.63) is 18.0 Å². The zero-order valence-electron chi connectivity index (χ0n) is 17.0. The number of sulfonamides is 1. The predicted molar refractivity (Wildman–Crippen MR) is 108 cm³/mol. The van der Waals surface area contributed by atoms with Crippen LogP contribution in [0.15, 0.2) is 17.2 Å². The number of rotatable bonds is 5. The van der Waals surface area contributed by atoms with E-state index in [2.05, 4.69) is 5.32 Å². The first-order valence-corrected chi connectivity index (χ1v) is 12.1. The van der Waals surface area contributed by atoms with Gasteiger partial charge in [0, 0.05) is 51.4 Å². The van der Waals surface area contributed by atoms with E-state index in [0.717, 1.165) is 32.1 Å². The van der Waals surface area contributed by atoms with Crippen LogP contribution in [-0.4, -0.2) is 66.2 Å². The summed E-state index contributed by atoms with van der Waals surface area (Å²) in [6.45, 7) is 2.11. The van der Waals surface area contributed by atoms with Crippen molar-refractivity contribution in [2.45, 2.75) is 55.9 Å². The number of amides is 2. The summed E-state index contributed by atoms with van der Waals surface area (Å²) in [6.07, 6.45) is 7.77. The van der Waals surface area contributed by atoms with Crippen LogP contribution in [0, 0.1) is 5.92 Å². The largest absolute Gasteiger partial charge is 0.353 e. The molecule has 3 aliphatic rings. The van der Waals surface area contributed by atoms with Gasteiger partial charge < -0.3 is 14.8 Å². The zero-order valence-corrected chi connectivity index (χ0v) is 17.8. The number of carbonyl (C=O) groups is 2. The minimum Gasteiger partial charge on any atom is -0.353 e. The molecule has 1 saturated carbocycles. The number of nitrogens with zero attached hydrogens (tertiary/aromatic N) is 3. The van der Waals surface area contributed by atoms with E-state index in [9.17, 15) is 18.0 Å². The van der Waals surface area contributed by atoms with Gasteiger partial charge in [0.15, 0.2) is 0 Å². The number of carbonyl (C=O) groups excluding carboxylic acids is 2. The van der Waals surface area contributed by atoms with Gasteiger partial charge in [-0.25, -0.2) is 8.42 Å². The van der Waals surface area contributed by atoms with E-state index in [1.54, 1.807) is 16.5 Å². The smallest absolute Gasteiger partial charge is 0.270 e. The summed E-state index contributed by atoms with van der Waals surface area (Å²) in [4.78, 5) is 27.1. The second kappa shape index (κ2) is 8.10. The molecule has 4 rings (SSSR count). The summed E-state index contributed by atoms with van der Waals surface area (Å²) in [7, 11) is -1.86. The van der Waals surface area contributed by atoms with Crippen molar-refractivity contribution in [3.8, 4) is 0 Å². The van der Waals surface area contributed by atoms with Gasteiger partial charge in [0.25, 0.3) is 5.91 Å². The molecule has 3 heterocycles. The van der Waals surface area contributed by atoms with Gasteiger partial charge in [0.2, 0.25) is 15.9 Å². The summed E-state index contributed by atoms with van der Waals surface area (Å²) in [5.41, 5.74) is 0.376. The lowest BCUT2D eigenvalue weighted by atomic mass is 9.95. The summed E-state index contributed by atoms with van der Waals surface area (Å²) < 4.78 is 28.9. The Morgan fingerprint density at radius 1 is 1.00 bits per heavy atom. The summed E-state index contributed by atoms with van der Waals surface area (Å²) >= 11 is 0. The van der Waals surface area contributed by atoms with Crippen LogP contribution < -0.4 is 5.32 Å². The van der Waals surface area contributed by atoms with Crippen molar-refractivity contribution in [2.24, 2.45) is 13.0 Å². The Balaban J connectivity index is 1.41. The number of hydrogen-bond donors (Lipinski definition) is 1. The Labute approximate surface area is 172 Å². The molecule has 1 aliphatic carbocycles. The number of aryl methyl sites for hydroxylation is 1. The molecule has 160 valence electrons. The molecular formula is C20H30N4O4S. The molecule has 1 N–H and O–H groups in total. The lowest BCUT2D eigenvalue weighted by Crippen LogP contribution is -2.43. The lowest BCUT2D eigenvalue weighted by Gasteiger charge is -2.31. The van der Waals surface area contributed by atoms with Gasteiger partial charge in [-0.1, -0.05) is 6.42 Å². The monoisotopic (exact) mass is 422 g/mol. The van der Waals surface area contributed by atoms with Crippen LogP contribution in [0.4, 0.5) is 0 Å². The zero-order chi connectivity index (χ0) is 20.6. The normalized spacial score (nSPS) is 21.9. The van der Waals surface area contributed by atoms with Gasteiger partial charge in [-0.15, -0.1) is 0 Å². The topological polar surface area (TPSA) is 91.7 Å². The van der Waals surface area contributed by atoms with E-state index < -0.39 is 10.0 Å². The Kier molecular flexibility index (Phi) is 5.70. The highest BCUT2D eigenvalue weighted by Gasteiger charge is 2.33. The minimum absolute atomic E-state index is 0.0388. The fraction of sp³-hybridized carbons (Fsp3) is 0.700. The standard InChI is InChI=1S/C20H30N4O4S/c1-22-14-17(29(27,28)24-9-3-2-4-10-24)13-18(22)20(26)23-11-7-15(8-12-23)19(25)21-16-5-6-16/h13-16H,2-12H2,1H3,(H,21,25). The second-order valence-corrected chi connectivity index (χ2v) is 10.4. The molecule has 1 aromatic rings. The quantitative estimate of drug-likeness (QED) is 0.775. The van der Waals surface area contributed by atoms with Crippen LogP contribution in [-0.2, 0) is 21.9 Å². The van der Waals surface area contributed by atoms with Crippen LogP contribution in [0.2, 0.25) is 0 Å².